The molecule has 1 aromatic carbocycles. The first kappa shape index (κ1) is 16.2. The van der Waals surface area contributed by atoms with Crippen LogP contribution in [0.5, 0.6) is 0 Å². The average Bonchev–Trinajstić information content (AvgIpc) is 3.35. The van der Waals surface area contributed by atoms with E-state index in [1.165, 1.54) is 12.8 Å². The van der Waals surface area contributed by atoms with Crippen molar-refractivity contribution in [3.63, 3.8) is 0 Å². The number of anilines is 1. The molecule has 3 nitrogen and oxygen atoms in total. The van der Waals surface area contributed by atoms with Crippen molar-refractivity contribution < 1.29 is 0 Å². The zero-order valence-corrected chi connectivity index (χ0v) is 13.5. The Labute approximate surface area is 133 Å². The van der Waals surface area contributed by atoms with Crippen LogP contribution >= 0.6 is 0 Å². The molecule has 1 aromatic rings. The van der Waals surface area contributed by atoms with E-state index >= 15 is 0 Å². The predicted molar refractivity (Wildman–Crippen MR) is 94.8 cm³/mol. The summed E-state index contributed by atoms with van der Waals surface area (Å²) in [5.41, 5.74) is 7.76. The monoisotopic (exact) mass is 295 g/mol. The molecule has 22 heavy (non-hydrogen) atoms. The van der Waals surface area contributed by atoms with Gasteiger partial charge in [0.2, 0.25) is 0 Å². The van der Waals surface area contributed by atoms with E-state index in [0.717, 1.165) is 35.8 Å². The summed E-state index contributed by atoms with van der Waals surface area (Å²) in [6.45, 7) is 1.88. The molecular formula is C19H25N3. The fraction of sp³-hybridized carbons (Fsp3) is 0.421. The van der Waals surface area contributed by atoms with Crippen molar-refractivity contribution in [3.8, 4) is 11.8 Å². The molecule has 0 radical (unpaired) electrons. The number of amidine groups is 1. The van der Waals surface area contributed by atoms with Crippen LogP contribution in [0.3, 0.4) is 0 Å². The molecular weight excluding hydrogens is 270 g/mol. The summed E-state index contributed by atoms with van der Waals surface area (Å²) < 4.78 is 0. The van der Waals surface area contributed by atoms with Gasteiger partial charge < -0.3 is 11.1 Å². The Morgan fingerprint density at radius 2 is 2.23 bits per heavy atom. The number of hydrogen-bond acceptors (Lipinski definition) is 2. The second-order valence-corrected chi connectivity index (χ2v) is 5.60. The average molecular weight is 295 g/mol. The van der Waals surface area contributed by atoms with Crippen LogP contribution in [-0.2, 0) is 0 Å². The van der Waals surface area contributed by atoms with E-state index in [1.807, 2.05) is 31.2 Å². The Bertz CT molecular complexity index is 601. The summed E-state index contributed by atoms with van der Waals surface area (Å²) in [6, 6.07) is 8.06. The van der Waals surface area contributed by atoms with Gasteiger partial charge in [-0.2, -0.15) is 0 Å². The van der Waals surface area contributed by atoms with Gasteiger partial charge >= 0.3 is 0 Å². The lowest BCUT2D eigenvalue weighted by molar-refractivity contribution is 0.670. The summed E-state index contributed by atoms with van der Waals surface area (Å²) in [7, 11) is 1.79. The van der Waals surface area contributed by atoms with Crippen molar-refractivity contribution in [2.45, 2.75) is 38.6 Å². The Hall–Kier alpha value is -2.21. The van der Waals surface area contributed by atoms with Gasteiger partial charge in [-0.25, -0.2) is 0 Å². The molecule has 0 spiro atoms. The van der Waals surface area contributed by atoms with Gasteiger partial charge in [-0.15, -0.1) is 11.8 Å². The maximum atomic E-state index is 6.07. The van der Waals surface area contributed by atoms with Crippen LogP contribution < -0.4 is 11.1 Å². The molecule has 3 heteroatoms. The SMILES string of the molecule is CC#CCCC(/C=C/C1CC1)NC(=NC)c1ccccc1N. The van der Waals surface area contributed by atoms with Gasteiger partial charge in [0.1, 0.15) is 5.84 Å². The topological polar surface area (TPSA) is 50.4 Å². The molecule has 1 saturated carbocycles. The molecule has 1 unspecified atom stereocenters. The normalized spacial score (nSPS) is 16.2. The lowest BCUT2D eigenvalue weighted by atomic mass is 10.1. The molecule has 3 N–H and O–H groups in total. The number of nitrogens with two attached hydrogens (primary N) is 1. The fourth-order valence-electron chi connectivity index (χ4n) is 2.30. The molecule has 0 aromatic heterocycles. The minimum atomic E-state index is 0.236. The second-order valence-electron chi connectivity index (χ2n) is 5.60. The molecule has 1 aliphatic carbocycles. The minimum Gasteiger partial charge on any atom is -0.398 e. The van der Waals surface area contributed by atoms with Gasteiger partial charge in [0.15, 0.2) is 0 Å². The first-order valence-electron chi connectivity index (χ1n) is 7.90. The zero-order chi connectivity index (χ0) is 15.8. The highest BCUT2D eigenvalue weighted by molar-refractivity contribution is 6.03. The van der Waals surface area contributed by atoms with Gasteiger partial charge in [0, 0.05) is 30.8 Å². The smallest absolute Gasteiger partial charge is 0.130 e. The van der Waals surface area contributed by atoms with Crippen molar-refractivity contribution in [2.75, 3.05) is 12.8 Å². The number of allylic oxidation sites excluding steroid dienone is 1. The highest BCUT2D eigenvalue weighted by atomic mass is 15.0. The van der Waals surface area contributed by atoms with Crippen molar-refractivity contribution in [3.05, 3.63) is 42.0 Å². The van der Waals surface area contributed by atoms with Crippen molar-refractivity contribution in [1.82, 2.24) is 5.32 Å². The zero-order valence-electron chi connectivity index (χ0n) is 13.5. The number of nitrogens with zero attached hydrogens (tertiary/aromatic N) is 1. The highest BCUT2D eigenvalue weighted by Crippen LogP contribution is 2.30. The quantitative estimate of drug-likeness (QED) is 0.278. The molecule has 1 atom stereocenters. The molecule has 1 fully saturated rings. The highest BCUT2D eigenvalue weighted by Gasteiger charge is 2.18. The maximum Gasteiger partial charge on any atom is 0.130 e. The third-order valence-electron chi connectivity index (χ3n) is 3.76. The van der Waals surface area contributed by atoms with Crippen LogP contribution in [0.1, 0.15) is 38.2 Å². The van der Waals surface area contributed by atoms with Gasteiger partial charge in [0.05, 0.1) is 0 Å². The Morgan fingerprint density at radius 3 is 2.86 bits per heavy atom. The van der Waals surface area contributed by atoms with E-state index in [1.54, 1.807) is 7.05 Å². The molecule has 1 aliphatic rings. The summed E-state index contributed by atoms with van der Waals surface area (Å²) in [5, 5.41) is 3.52. The van der Waals surface area contributed by atoms with E-state index in [9.17, 15) is 0 Å². The van der Waals surface area contributed by atoms with Gasteiger partial charge in [-0.3, -0.25) is 4.99 Å². The molecule has 0 aliphatic heterocycles. The molecule has 0 heterocycles. The number of nitrogen functional groups attached to an aromatic ring is 1. The summed E-state index contributed by atoms with van der Waals surface area (Å²) >= 11 is 0. The van der Waals surface area contributed by atoms with Crippen LogP contribution in [0.15, 0.2) is 41.4 Å². The summed E-state index contributed by atoms with van der Waals surface area (Å²) in [5.74, 6) is 7.70. The molecule has 0 bridgehead atoms. The third kappa shape index (κ3) is 4.96. The number of para-hydroxylation sites is 1. The van der Waals surface area contributed by atoms with Crippen molar-refractivity contribution >= 4 is 11.5 Å². The largest absolute Gasteiger partial charge is 0.398 e. The van der Waals surface area contributed by atoms with E-state index in [-0.39, 0.29) is 6.04 Å². The maximum absolute atomic E-state index is 6.07. The Morgan fingerprint density at radius 1 is 1.45 bits per heavy atom. The van der Waals surface area contributed by atoms with Crippen LogP contribution in [0.4, 0.5) is 5.69 Å². The number of aliphatic imine (C=N–C) groups is 1. The summed E-state index contributed by atoms with van der Waals surface area (Å²) in [6.07, 6.45) is 9.06. The lowest BCUT2D eigenvalue weighted by Gasteiger charge is -2.18. The summed E-state index contributed by atoms with van der Waals surface area (Å²) in [4.78, 5) is 4.39. The standard InChI is InChI=1S/C19H25N3/c1-3-4-5-8-16(14-13-15-11-12-15)22-19(21-2)17-9-6-7-10-18(17)20/h6-7,9-10,13-16H,5,8,11-12,20H2,1-2H3,(H,21,22)/b14-13+. The number of nitrogens with one attached hydrogen (secondary N) is 1. The van der Waals surface area contributed by atoms with Gasteiger partial charge in [-0.05, 0) is 44.2 Å². The van der Waals surface area contributed by atoms with Crippen LogP contribution in [-0.4, -0.2) is 18.9 Å². The van der Waals surface area contributed by atoms with Crippen LogP contribution in [0, 0.1) is 17.8 Å². The molecule has 2 rings (SSSR count). The number of rotatable bonds is 6. The Balaban J connectivity index is 2.08. The van der Waals surface area contributed by atoms with E-state index in [2.05, 4.69) is 34.3 Å². The number of benzene rings is 1. The van der Waals surface area contributed by atoms with Crippen LogP contribution in [0.2, 0.25) is 0 Å². The van der Waals surface area contributed by atoms with Crippen molar-refractivity contribution in [1.29, 1.82) is 0 Å². The van der Waals surface area contributed by atoms with E-state index in [4.69, 9.17) is 5.73 Å². The van der Waals surface area contributed by atoms with Gasteiger partial charge in [-0.1, -0.05) is 24.3 Å². The minimum absolute atomic E-state index is 0.236. The first-order chi connectivity index (χ1) is 10.7. The van der Waals surface area contributed by atoms with E-state index in [0.29, 0.717) is 0 Å². The van der Waals surface area contributed by atoms with Gasteiger partial charge in [0.25, 0.3) is 0 Å². The third-order valence-corrected chi connectivity index (χ3v) is 3.76. The Kier molecular flexibility index (Phi) is 6.09. The first-order valence-corrected chi connectivity index (χ1v) is 7.90. The molecule has 0 amide bonds. The predicted octanol–water partition coefficient (Wildman–Crippen LogP) is 3.37. The van der Waals surface area contributed by atoms with Crippen molar-refractivity contribution in [2.24, 2.45) is 10.9 Å². The molecule has 116 valence electrons. The fourth-order valence-corrected chi connectivity index (χ4v) is 2.30. The molecule has 0 saturated heterocycles. The van der Waals surface area contributed by atoms with Crippen LogP contribution in [0.25, 0.3) is 0 Å². The lowest BCUT2D eigenvalue weighted by Crippen LogP contribution is -2.34. The number of hydrogen-bond donors (Lipinski definition) is 2. The van der Waals surface area contributed by atoms with E-state index < -0.39 is 0 Å². The second kappa shape index (κ2) is 8.29.